The minimum absolute atomic E-state index is 0.194. The summed E-state index contributed by atoms with van der Waals surface area (Å²) in [6.07, 6.45) is 0. The summed E-state index contributed by atoms with van der Waals surface area (Å²) in [6.45, 7) is 1.32. The molecule has 9 heteroatoms. The third-order valence-electron chi connectivity index (χ3n) is 2.96. The monoisotopic (exact) mass is 335 g/mol. The number of carbonyl (C=O) groups excluding carboxylic acids is 2. The Hall–Kier alpha value is -3.36. The molecule has 7 nitrogen and oxygen atoms in total. The van der Waals surface area contributed by atoms with Gasteiger partial charge in [-0.3, -0.25) is 19.7 Å². The molecule has 0 aliphatic rings. The molecule has 0 radical (unpaired) electrons. The molecular formula is C15H11F2N3O4. The van der Waals surface area contributed by atoms with E-state index in [2.05, 4.69) is 10.6 Å². The van der Waals surface area contributed by atoms with Crippen LogP contribution in [0.4, 0.5) is 25.8 Å². The number of anilines is 2. The minimum Gasteiger partial charge on any atom is -0.326 e. The predicted octanol–water partition coefficient (Wildman–Crippen LogP) is 3.08. The fourth-order valence-electron chi connectivity index (χ4n) is 1.92. The van der Waals surface area contributed by atoms with Gasteiger partial charge in [-0.25, -0.2) is 4.39 Å². The van der Waals surface area contributed by atoms with Crippen molar-refractivity contribution >= 4 is 28.9 Å². The molecule has 0 saturated carbocycles. The lowest BCUT2D eigenvalue weighted by atomic mass is 10.1. The molecule has 0 atom stereocenters. The quantitative estimate of drug-likeness (QED) is 0.662. The highest BCUT2D eigenvalue weighted by Crippen LogP contribution is 2.24. The van der Waals surface area contributed by atoms with Crippen LogP contribution < -0.4 is 10.6 Å². The Morgan fingerprint density at radius 3 is 2.04 bits per heavy atom. The molecule has 24 heavy (non-hydrogen) atoms. The van der Waals surface area contributed by atoms with E-state index in [1.807, 2.05) is 0 Å². The van der Waals surface area contributed by atoms with E-state index >= 15 is 0 Å². The summed E-state index contributed by atoms with van der Waals surface area (Å²) < 4.78 is 27.6. The lowest BCUT2D eigenvalue weighted by Gasteiger charge is -2.08. The summed E-state index contributed by atoms with van der Waals surface area (Å²) in [6, 6.07) is 7.03. The topological polar surface area (TPSA) is 101 Å². The van der Waals surface area contributed by atoms with Gasteiger partial charge >= 0.3 is 5.69 Å². The Kier molecular flexibility index (Phi) is 4.83. The number of hydrogen-bond donors (Lipinski definition) is 2. The van der Waals surface area contributed by atoms with Gasteiger partial charge in [-0.05, 0) is 30.3 Å². The molecular weight excluding hydrogens is 324 g/mol. The molecule has 0 bridgehead atoms. The fraction of sp³-hybridized carbons (Fsp3) is 0.0667. The molecule has 0 heterocycles. The summed E-state index contributed by atoms with van der Waals surface area (Å²) in [5.74, 6) is -4.22. The number of hydrogen-bond acceptors (Lipinski definition) is 4. The Morgan fingerprint density at radius 1 is 1.00 bits per heavy atom. The van der Waals surface area contributed by atoms with Gasteiger partial charge in [0.05, 0.1) is 4.92 Å². The third-order valence-corrected chi connectivity index (χ3v) is 2.96. The molecule has 0 unspecified atom stereocenters. The van der Waals surface area contributed by atoms with E-state index in [4.69, 9.17) is 0 Å². The number of halogens is 2. The molecule has 0 aliphatic heterocycles. The summed E-state index contributed by atoms with van der Waals surface area (Å²) in [7, 11) is 0. The van der Waals surface area contributed by atoms with Crippen molar-refractivity contribution in [1.82, 2.24) is 0 Å². The number of nitrogens with one attached hydrogen (secondary N) is 2. The summed E-state index contributed by atoms with van der Waals surface area (Å²) in [5, 5.41) is 15.4. The van der Waals surface area contributed by atoms with Crippen LogP contribution in [-0.4, -0.2) is 16.7 Å². The van der Waals surface area contributed by atoms with Crippen LogP contribution >= 0.6 is 0 Å². The SMILES string of the molecule is CC(=O)Nc1ccc(NC(=O)c2c(F)ccc([N+](=O)[O-])c2F)cc1. The van der Waals surface area contributed by atoms with Gasteiger partial charge in [-0.1, -0.05) is 0 Å². The average molecular weight is 335 g/mol. The van der Waals surface area contributed by atoms with E-state index in [9.17, 15) is 28.5 Å². The van der Waals surface area contributed by atoms with E-state index < -0.39 is 33.7 Å². The van der Waals surface area contributed by atoms with Gasteiger partial charge in [0.2, 0.25) is 11.7 Å². The number of nitro benzene ring substituents is 1. The van der Waals surface area contributed by atoms with Crippen molar-refractivity contribution in [3.8, 4) is 0 Å². The molecule has 0 aromatic heterocycles. The normalized spacial score (nSPS) is 10.1. The smallest absolute Gasteiger partial charge is 0.305 e. The second kappa shape index (κ2) is 6.82. The number of amides is 2. The highest BCUT2D eigenvalue weighted by molar-refractivity contribution is 6.05. The van der Waals surface area contributed by atoms with Crippen LogP contribution in [0.2, 0.25) is 0 Å². The summed E-state index contributed by atoms with van der Waals surface area (Å²) in [4.78, 5) is 32.5. The lowest BCUT2D eigenvalue weighted by molar-refractivity contribution is -0.387. The van der Waals surface area contributed by atoms with Crippen molar-refractivity contribution in [3.05, 3.63) is 63.7 Å². The first kappa shape index (κ1) is 17.0. The van der Waals surface area contributed by atoms with Gasteiger partial charge in [-0.15, -0.1) is 0 Å². The average Bonchev–Trinajstić information content (AvgIpc) is 2.48. The van der Waals surface area contributed by atoms with Gasteiger partial charge in [0, 0.05) is 24.4 Å². The van der Waals surface area contributed by atoms with Crippen molar-refractivity contribution in [1.29, 1.82) is 0 Å². The zero-order valence-corrected chi connectivity index (χ0v) is 12.3. The van der Waals surface area contributed by atoms with E-state index in [-0.39, 0.29) is 11.6 Å². The zero-order valence-electron chi connectivity index (χ0n) is 12.3. The third kappa shape index (κ3) is 3.69. The van der Waals surface area contributed by atoms with Crippen LogP contribution in [0.3, 0.4) is 0 Å². The van der Waals surface area contributed by atoms with Crippen LogP contribution in [0, 0.1) is 21.7 Å². The second-order valence-corrected chi connectivity index (χ2v) is 4.73. The Balaban J connectivity index is 2.25. The van der Waals surface area contributed by atoms with Gasteiger partial charge in [-0.2, -0.15) is 4.39 Å². The highest BCUT2D eigenvalue weighted by atomic mass is 19.1. The lowest BCUT2D eigenvalue weighted by Crippen LogP contribution is -2.17. The first-order chi connectivity index (χ1) is 11.3. The number of nitrogens with zero attached hydrogens (tertiary/aromatic N) is 1. The molecule has 124 valence electrons. The fourth-order valence-corrected chi connectivity index (χ4v) is 1.92. The molecule has 0 fully saturated rings. The van der Waals surface area contributed by atoms with Crippen LogP contribution in [0.5, 0.6) is 0 Å². The molecule has 0 saturated heterocycles. The standard InChI is InChI=1S/C15H11F2N3O4/c1-8(21)18-9-2-4-10(5-3-9)19-15(22)13-11(16)6-7-12(14(13)17)20(23)24/h2-7H,1H3,(H,18,21)(H,19,22). The molecule has 2 aromatic rings. The highest BCUT2D eigenvalue weighted by Gasteiger charge is 2.26. The van der Waals surface area contributed by atoms with Crippen molar-refractivity contribution in [3.63, 3.8) is 0 Å². The first-order valence-corrected chi connectivity index (χ1v) is 6.61. The minimum atomic E-state index is -1.55. The summed E-state index contributed by atoms with van der Waals surface area (Å²) in [5.41, 5.74) is -1.38. The summed E-state index contributed by atoms with van der Waals surface area (Å²) >= 11 is 0. The second-order valence-electron chi connectivity index (χ2n) is 4.73. The molecule has 2 rings (SSSR count). The number of benzene rings is 2. The van der Waals surface area contributed by atoms with E-state index in [1.165, 1.54) is 31.2 Å². The van der Waals surface area contributed by atoms with E-state index in [0.717, 1.165) is 0 Å². The van der Waals surface area contributed by atoms with Crippen molar-refractivity contribution in [2.45, 2.75) is 6.92 Å². The number of nitro groups is 1. The van der Waals surface area contributed by atoms with Crippen molar-refractivity contribution in [2.75, 3.05) is 10.6 Å². The Labute approximate surface area is 134 Å². The zero-order chi connectivity index (χ0) is 17.9. The van der Waals surface area contributed by atoms with E-state index in [1.54, 1.807) is 0 Å². The first-order valence-electron chi connectivity index (χ1n) is 6.61. The molecule has 0 aliphatic carbocycles. The van der Waals surface area contributed by atoms with Gasteiger partial charge in [0.15, 0.2) is 0 Å². The van der Waals surface area contributed by atoms with Gasteiger partial charge < -0.3 is 10.6 Å². The van der Waals surface area contributed by atoms with Crippen LogP contribution in [0.15, 0.2) is 36.4 Å². The van der Waals surface area contributed by atoms with E-state index in [0.29, 0.717) is 17.8 Å². The maximum absolute atomic E-state index is 14.0. The van der Waals surface area contributed by atoms with Crippen LogP contribution in [0.25, 0.3) is 0 Å². The van der Waals surface area contributed by atoms with Gasteiger partial charge in [0.25, 0.3) is 5.91 Å². The molecule has 2 aromatic carbocycles. The van der Waals surface area contributed by atoms with Crippen molar-refractivity contribution in [2.24, 2.45) is 0 Å². The number of rotatable bonds is 4. The predicted molar refractivity (Wildman–Crippen MR) is 81.7 cm³/mol. The maximum atomic E-state index is 14.0. The molecule has 2 amide bonds. The molecule has 0 spiro atoms. The maximum Gasteiger partial charge on any atom is 0.305 e. The molecule has 2 N–H and O–H groups in total. The van der Waals surface area contributed by atoms with Crippen LogP contribution in [-0.2, 0) is 4.79 Å². The van der Waals surface area contributed by atoms with Crippen LogP contribution in [0.1, 0.15) is 17.3 Å². The van der Waals surface area contributed by atoms with Crippen molar-refractivity contribution < 1.29 is 23.3 Å². The van der Waals surface area contributed by atoms with Gasteiger partial charge in [0.1, 0.15) is 11.4 Å². The Bertz CT molecular complexity index is 822. The number of carbonyl (C=O) groups is 2. The Morgan fingerprint density at radius 2 is 1.54 bits per heavy atom. The largest absolute Gasteiger partial charge is 0.326 e.